The number of amides is 1. The minimum absolute atomic E-state index is 0.192. The maximum Gasteiger partial charge on any atom is 0.290 e. The Balaban J connectivity index is 1.75. The van der Waals surface area contributed by atoms with Gasteiger partial charge in [-0.05, 0) is 19.1 Å². The van der Waals surface area contributed by atoms with Gasteiger partial charge in [-0.2, -0.15) is 5.10 Å². The molecule has 0 spiro atoms. The quantitative estimate of drug-likeness (QED) is 0.784. The number of carbonyl (C=O) groups is 1. The lowest BCUT2D eigenvalue weighted by Gasteiger charge is -2.08. The first-order valence-corrected chi connectivity index (χ1v) is 6.39. The van der Waals surface area contributed by atoms with E-state index in [9.17, 15) is 4.79 Å². The van der Waals surface area contributed by atoms with Crippen LogP contribution in [0.1, 0.15) is 21.8 Å². The molecular weight excluding hydrogens is 270 g/mol. The summed E-state index contributed by atoms with van der Waals surface area (Å²) in [5.74, 6) is 0.555. The van der Waals surface area contributed by atoms with Crippen molar-refractivity contribution in [3.05, 3.63) is 59.9 Å². The predicted molar refractivity (Wildman–Crippen MR) is 73.8 cm³/mol. The highest BCUT2D eigenvalue weighted by Gasteiger charge is 2.12. The van der Waals surface area contributed by atoms with Crippen LogP contribution >= 0.6 is 0 Å². The summed E-state index contributed by atoms with van der Waals surface area (Å²) < 4.78 is 6.57. The van der Waals surface area contributed by atoms with E-state index in [0.29, 0.717) is 18.1 Å². The number of carbonyl (C=O) groups excluding carboxylic acids is 1. The Morgan fingerprint density at radius 1 is 1.38 bits per heavy atom. The van der Waals surface area contributed by atoms with Gasteiger partial charge in [0.1, 0.15) is 0 Å². The van der Waals surface area contributed by atoms with Gasteiger partial charge in [-0.1, -0.05) is 11.2 Å². The van der Waals surface area contributed by atoms with Gasteiger partial charge in [-0.3, -0.25) is 4.79 Å². The molecule has 7 nitrogen and oxygen atoms in total. The molecule has 0 saturated heterocycles. The summed E-state index contributed by atoms with van der Waals surface area (Å²) in [7, 11) is 0. The lowest BCUT2D eigenvalue weighted by atomic mass is 10.2. The second-order valence-corrected chi connectivity index (χ2v) is 4.45. The maximum absolute atomic E-state index is 11.9. The molecule has 0 fully saturated rings. The number of hydrogen-bond acceptors (Lipinski definition) is 5. The monoisotopic (exact) mass is 283 g/mol. The molecule has 3 heterocycles. The van der Waals surface area contributed by atoms with Gasteiger partial charge in [0.2, 0.25) is 5.76 Å². The first-order chi connectivity index (χ1) is 10.2. The Kier molecular flexibility index (Phi) is 3.46. The number of rotatable bonds is 4. The van der Waals surface area contributed by atoms with E-state index in [1.807, 2.05) is 18.2 Å². The highest BCUT2D eigenvalue weighted by Crippen LogP contribution is 2.10. The van der Waals surface area contributed by atoms with Gasteiger partial charge in [-0.15, -0.1) is 0 Å². The van der Waals surface area contributed by atoms with E-state index in [2.05, 4.69) is 20.6 Å². The molecule has 0 unspecified atom stereocenters. The average Bonchev–Trinajstić information content (AvgIpc) is 3.16. The van der Waals surface area contributed by atoms with Crippen molar-refractivity contribution in [2.45, 2.75) is 13.5 Å². The van der Waals surface area contributed by atoms with E-state index in [1.54, 1.807) is 36.3 Å². The zero-order valence-electron chi connectivity index (χ0n) is 11.4. The summed E-state index contributed by atoms with van der Waals surface area (Å²) in [5, 5.41) is 10.6. The van der Waals surface area contributed by atoms with E-state index in [-0.39, 0.29) is 11.7 Å². The van der Waals surface area contributed by atoms with Crippen LogP contribution in [0.4, 0.5) is 0 Å². The first-order valence-electron chi connectivity index (χ1n) is 6.39. The maximum atomic E-state index is 11.9. The molecule has 3 aromatic rings. The van der Waals surface area contributed by atoms with Crippen molar-refractivity contribution < 1.29 is 9.32 Å². The van der Waals surface area contributed by atoms with Crippen LogP contribution in [0.5, 0.6) is 0 Å². The second kappa shape index (κ2) is 5.58. The Morgan fingerprint density at radius 3 is 3.00 bits per heavy atom. The molecule has 1 N–H and O–H groups in total. The van der Waals surface area contributed by atoms with Crippen LogP contribution in [0.25, 0.3) is 5.82 Å². The lowest BCUT2D eigenvalue weighted by Crippen LogP contribution is -2.23. The third-order valence-corrected chi connectivity index (χ3v) is 2.88. The Hall–Kier alpha value is -2.96. The summed E-state index contributed by atoms with van der Waals surface area (Å²) in [6.45, 7) is 2.08. The molecule has 0 radical (unpaired) electrons. The van der Waals surface area contributed by atoms with Crippen molar-refractivity contribution in [3.63, 3.8) is 0 Å². The summed E-state index contributed by atoms with van der Waals surface area (Å²) in [4.78, 5) is 16.2. The normalized spacial score (nSPS) is 10.5. The molecule has 3 rings (SSSR count). The fourth-order valence-corrected chi connectivity index (χ4v) is 1.90. The molecule has 0 saturated carbocycles. The molecule has 7 heteroatoms. The number of hydrogen-bond donors (Lipinski definition) is 1. The third-order valence-electron chi connectivity index (χ3n) is 2.88. The van der Waals surface area contributed by atoms with Crippen LogP contribution in [-0.2, 0) is 6.54 Å². The van der Waals surface area contributed by atoms with Crippen LogP contribution in [0.15, 0.2) is 47.4 Å². The molecule has 1 amide bonds. The molecule has 0 atom stereocenters. The first kappa shape index (κ1) is 13.0. The van der Waals surface area contributed by atoms with Crippen molar-refractivity contribution >= 4 is 5.91 Å². The SMILES string of the molecule is Cc1cc(C(=O)NCc2cccnc2-n2cccn2)on1. The van der Waals surface area contributed by atoms with Crippen molar-refractivity contribution in [2.24, 2.45) is 0 Å². The molecule has 0 aliphatic heterocycles. The molecule has 0 bridgehead atoms. The van der Waals surface area contributed by atoms with E-state index >= 15 is 0 Å². The Bertz CT molecular complexity index is 748. The fourth-order valence-electron chi connectivity index (χ4n) is 1.90. The van der Waals surface area contributed by atoms with Gasteiger partial charge >= 0.3 is 0 Å². The van der Waals surface area contributed by atoms with Gasteiger partial charge < -0.3 is 9.84 Å². The van der Waals surface area contributed by atoms with Gasteiger partial charge in [-0.25, -0.2) is 9.67 Å². The zero-order valence-corrected chi connectivity index (χ0v) is 11.4. The van der Waals surface area contributed by atoms with Gasteiger partial charge in [0, 0.05) is 36.8 Å². The van der Waals surface area contributed by atoms with Crippen molar-refractivity contribution in [2.75, 3.05) is 0 Å². The van der Waals surface area contributed by atoms with Crippen LogP contribution in [0.2, 0.25) is 0 Å². The molecule has 0 aliphatic rings. The number of nitrogens with one attached hydrogen (secondary N) is 1. The predicted octanol–water partition coefficient (Wildman–Crippen LogP) is 1.49. The minimum atomic E-state index is -0.314. The lowest BCUT2D eigenvalue weighted by molar-refractivity contribution is 0.0914. The number of aryl methyl sites for hydroxylation is 1. The van der Waals surface area contributed by atoms with Crippen molar-refractivity contribution in [1.82, 2.24) is 25.2 Å². The van der Waals surface area contributed by atoms with Crippen molar-refractivity contribution in [3.8, 4) is 5.82 Å². The topological polar surface area (TPSA) is 85.8 Å². The number of nitrogens with zero attached hydrogens (tertiary/aromatic N) is 4. The van der Waals surface area contributed by atoms with Crippen molar-refractivity contribution in [1.29, 1.82) is 0 Å². The molecule has 106 valence electrons. The van der Waals surface area contributed by atoms with Gasteiger partial charge in [0.05, 0.1) is 5.69 Å². The summed E-state index contributed by atoms with van der Waals surface area (Å²) in [5.41, 5.74) is 1.52. The van der Waals surface area contributed by atoms with Crippen LogP contribution in [-0.4, -0.2) is 25.8 Å². The van der Waals surface area contributed by atoms with Crippen LogP contribution in [0.3, 0.4) is 0 Å². The number of pyridine rings is 1. The second-order valence-electron chi connectivity index (χ2n) is 4.45. The van der Waals surface area contributed by atoms with Gasteiger partial charge in [0.15, 0.2) is 5.82 Å². The van der Waals surface area contributed by atoms with E-state index in [0.717, 1.165) is 5.56 Å². The highest BCUT2D eigenvalue weighted by atomic mass is 16.5. The molecule has 21 heavy (non-hydrogen) atoms. The highest BCUT2D eigenvalue weighted by molar-refractivity contribution is 5.91. The summed E-state index contributed by atoms with van der Waals surface area (Å²) in [6.07, 6.45) is 5.16. The van der Waals surface area contributed by atoms with E-state index in [1.165, 1.54) is 0 Å². The summed E-state index contributed by atoms with van der Waals surface area (Å²) >= 11 is 0. The number of aromatic nitrogens is 4. The molecule has 0 aromatic carbocycles. The van der Waals surface area contributed by atoms with E-state index in [4.69, 9.17) is 4.52 Å². The standard InChI is InChI=1S/C14H13N5O2/c1-10-8-12(21-18-10)14(20)16-9-11-4-2-5-15-13(11)19-7-3-6-17-19/h2-8H,9H2,1H3,(H,16,20). The zero-order chi connectivity index (χ0) is 14.7. The minimum Gasteiger partial charge on any atom is -0.351 e. The average molecular weight is 283 g/mol. The van der Waals surface area contributed by atoms with Gasteiger partial charge in [0.25, 0.3) is 5.91 Å². The van der Waals surface area contributed by atoms with E-state index < -0.39 is 0 Å². The van der Waals surface area contributed by atoms with Crippen LogP contribution in [0, 0.1) is 6.92 Å². The van der Waals surface area contributed by atoms with Crippen LogP contribution < -0.4 is 5.32 Å². The fraction of sp³-hybridized carbons (Fsp3) is 0.143. The Labute approximate surface area is 120 Å². The largest absolute Gasteiger partial charge is 0.351 e. The third kappa shape index (κ3) is 2.81. The molecule has 0 aliphatic carbocycles. The molecular formula is C14H13N5O2. The smallest absolute Gasteiger partial charge is 0.290 e. The Morgan fingerprint density at radius 2 is 2.29 bits per heavy atom. The summed E-state index contributed by atoms with van der Waals surface area (Å²) in [6, 6.07) is 7.10. The molecule has 3 aromatic heterocycles.